The molecule has 86 valence electrons. The van der Waals surface area contributed by atoms with E-state index in [4.69, 9.17) is 4.42 Å². The number of hydrogen-bond donors (Lipinski definition) is 1. The Morgan fingerprint density at radius 2 is 2.07 bits per heavy atom. The minimum Gasteiger partial charge on any atom is -0.444 e. The van der Waals surface area contributed by atoms with E-state index in [-0.39, 0.29) is 0 Å². The molecule has 0 bridgehead atoms. The van der Waals surface area contributed by atoms with Gasteiger partial charge in [-0.25, -0.2) is 4.98 Å². The standard InChI is InChI=1S/C12H22N2O/c1-9(2)5-6-11-7-14-12(15-11)8-13-10(3)4/h7,9-10,13H,5-6,8H2,1-4H3. The maximum Gasteiger partial charge on any atom is 0.208 e. The predicted molar refractivity (Wildman–Crippen MR) is 61.6 cm³/mol. The van der Waals surface area contributed by atoms with Gasteiger partial charge in [-0.05, 0) is 12.3 Å². The third-order valence-electron chi connectivity index (χ3n) is 2.23. The maximum absolute atomic E-state index is 5.61. The van der Waals surface area contributed by atoms with Crippen LogP contribution in [0.3, 0.4) is 0 Å². The second kappa shape index (κ2) is 5.91. The van der Waals surface area contributed by atoms with E-state index < -0.39 is 0 Å². The van der Waals surface area contributed by atoms with Crippen molar-refractivity contribution in [2.45, 2.75) is 53.1 Å². The van der Waals surface area contributed by atoms with Gasteiger partial charge in [0.1, 0.15) is 5.76 Å². The summed E-state index contributed by atoms with van der Waals surface area (Å²) in [5.41, 5.74) is 0. The summed E-state index contributed by atoms with van der Waals surface area (Å²) < 4.78 is 5.61. The van der Waals surface area contributed by atoms with Gasteiger partial charge >= 0.3 is 0 Å². The lowest BCUT2D eigenvalue weighted by molar-refractivity contribution is 0.413. The SMILES string of the molecule is CC(C)CCc1cnc(CNC(C)C)o1. The summed E-state index contributed by atoms with van der Waals surface area (Å²) in [6, 6.07) is 0.469. The van der Waals surface area contributed by atoms with Crippen LogP contribution in [0.5, 0.6) is 0 Å². The molecule has 1 aromatic rings. The lowest BCUT2D eigenvalue weighted by Gasteiger charge is -2.04. The summed E-state index contributed by atoms with van der Waals surface area (Å²) in [5.74, 6) is 2.51. The molecule has 1 aromatic heterocycles. The van der Waals surface area contributed by atoms with Gasteiger partial charge in [-0.3, -0.25) is 0 Å². The van der Waals surface area contributed by atoms with Gasteiger partial charge < -0.3 is 9.73 Å². The molecule has 0 atom stereocenters. The lowest BCUT2D eigenvalue weighted by Crippen LogP contribution is -2.21. The molecule has 0 saturated heterocycles. The Bertz CT molecular complexity index is 252. The highest BCUT2D eigenvalue weighted by Crippen LogP contribution is 2.10. The predicted octanol–water partition coefficient (Wildman–Crippen LogP) is 2.76. The van der Waals surface area contributed by atoms with Crippen LogP contribution in [0.2, 0.25) is 0 Å². The average Bonchev–Trinajstić information content (AvgIpc) is 2.59. The fourth-order valence-electron chi connectivity index (χ4n) is 1.27. The van der Waals surface area contributed by atoms with Gasteiger partial charge in [0.25, 0.3) is 0 Å². The van der Waals surface area contributed by atoms with Crippen LogP contribution in [0.4, 0.5) is 0 Å². The third-order valence-corrected chi connectivity index (χ3v) is 2.23. The van der Waals surface area contributed by atoms with Crippen LogP contribution in [0.15, 0.2) is 10.6 Å². The van der Waals surface area contributed by atoms with Crippen LogP contribution < -0.4 is 5.32 Å². The van der Waals surface area contributed by atoms with Gasteiger partial charge in [-0.2, -0.15) is 0 Å². The molecule has 3 heteroatoms. The normalized spacial score (nSPS) is 11.6. The summed E-state index contributed by atoms with van der Waals surface area (Å²) in [6.07, 6.45) is 4.00. The molecule has 3 nitrogen and oxygen atoms in total. The van der Waals surface area contributed by atoms with Crippen molar-refractivity contribution >= 4 is 0 Å². The Kier molecular flexibility index (Phi) is 4.82. The Morgan fingerprint density at radius 1 is 1.33 bits per heavy atom. The topological polar surface area (TPSA) is 38.1 Å². The molecule has 0 spiro atoms. The van der Waals surface area contributed by atoms with E-state index in [0.717, 1.165) is 31.0 Å². The third kappa shape index (κ3) is 4.98. The first kappa shape index (κ1) is 12.2. The van der Waals surface area contributed by atoms with Crippen LogP contribution in [-0.4, -0.2) is 11.0 Å². The average molecular weight is 210 g/mol. The number of aryl methyl sites for hydroxylation is 1. The fraction of sp³-hybridized carbons (Fsp3) is 0.750. The van der Waals surface area contributed by atoms with E-state index in [9.17, 15) is 0 Å². The van der Waals surface area contributed by atoms with E-state index in [1.54, 1.807) is 0 Å². The molecule has 15 heavy (non-hydrogen) atoms. The highest BCUT2D eigenvalue weighted by atomic mass is 16.4. The van der Waals surface area contributed by atoms with Gasteiger partial charge in [0.15, 0.2) is 0 Å². The van der Waals surface area contributed by atoms with Crippen molar-refractivity contribution in [3.63, 3.8) is 0 Å². The van der Waals surface area contributed by atoms with Crippen molar-refractivity contribution in [3.05, 3.63) is 17.8 Å². The van der Waals surface area contributed by atoms with E-state index in [1.165, 1.54) is 0 Å². The first-order valence-electron chi connectivity index (χ1n) is 5.75. The molecule has 0 saturated carbocycles. The number of oxazole rings is 1. The molecule has 0 fully saturated rings. The minimum atomic E-state index is 0.469. The molecule has 0 aromatic carbocycles. The quantitative estimate of drug-likeness (QED) is 0.784. The van der Waals surface area contributed by atoms with Gasteiger partial charge in [-0.15, -0.1) is 0 Å². The van der Waals surface area contributed by atoms with Crippen molar-refractivity contribution in [3.8, 4) is 0 Å². The Hall–Kier alpha value is -0.830. The van der Waals surface area contributed by atoms with Crippen molar-refractivity contribution < 1.29 is 4.42 Å². The minimum absolute atomic E-state index is 0.469. The smallest absolute Gasteiger partial charge is 0.208 e. The zero-order valence-corrected chi connectivity index (χ0v) is 10.2. The van der Waals surface area contributed by atoms with Crippen molar-refractivity contribution in [2.24, 2.45) is 5.92 Å². The van der Waals surface area contributed by atoms with Crippen molar-refractivity contribution in [2.75, 3.05) is 0 Å². The van der Waals surface area contributed by atoms with Crippen LogP contribution >= 0.6 is 0 Å². The van der Waals surface area contributed by atoms with Gasteiger partial charge in [0.2, 0.25) is 5.89 Å². The number of aromatic nitrogens is 1. The maximum atomic E-state index is 5.61. The van der Waals surface area contributed by atoms with Gasteiger partial charge in [0.05, 0.1) is 12.7 Å². The second-order valence-corrected chi connectivity index (χ2v) is 4.69. The summed E-state index contributed by atoms with van der Waals surface area (Å²) in [4.78, 5) is 4.24. The van der Waals surface area contributed by atoms with E-state index in [0.29, 0.717) is 12.0 Å². The largest absolute Gasteiger partial charge is 0.444 e. The molecule has 0 unspecified atom stereocenters. The van der Waals surface area contributed by atoms with E-state index in [2.05, 4.69) is 38.0 Å². The summed E-state index contributed by atoms with van der Waals surface area (Å²) in [6.45, 7) is 9.39. The van der Waals surface area contributed by atoms with Crippen LogP contribution in [0.25, 0.3) is 0 Å². The molecule has 0 aliphatic rings. The molecular weight excluding hydrogens is 188 g/mol. The molecule has 0 aliphatic heterocycles. The fourth-order valence-corrected chi connectivity index (χ4v) is 1.27. The molecule has 0 amide bonds. The number of rotatable bonds is 6. The van der Waals surface area contributed by atoms with E-state index in [1.807, 2.05) is 6.20 Å². The Labute approximate surface area is 92.3 Å². The van der Waals surface area contributed by atoms with Gasteiger partial charge in [-0.1, -0.05) is 27.7 Å². The number of nitrogens with one attached hydrogen (secondary N) is 1. The van der Waals surface area contributed by atoms with E-state index >= 15 is 0 Å². The molecule has 1 rings (SSSR count). The molecule has 0 radical (unpaired) electrons. The Morgan fingerprint density at radius 3 is 2.67 bits per heavy atom. The Balaban J connectivity index is 2.35. The number of hydrogen-bond acceptors (Lipinski definition) is 3. The summed E-state index contributed by atoms with van der Waals surface area (Å²) in [7, 11) is 0. The van der Waals surface area contributed by atoms with Gasteiger partial charge in [0, 0.05) is 12.5 Å². The highest BCUT2D eigenvalue weighted by molar-refractivity contribution is 4.94. The molecule has 0 aliphatic carbocycles. The van der Waals surface area contributed by atoms with Crippen LogP contribution in [-0.2, 0) is 13.0 Å². The monoisotopic (exact) mass is 210 g/mol. The molecule has 1 heterocycles. The zero-order valence-electron chi connectivity index (χ0n) is 10.2. The zero-order chi connectivity index (χ0) is 11.3. The van der Waals surface area contributed by atoms with Crippen LogP contribution in [0, 0.1) is 5.92 Å². The highest BCUT2D eigenvalue weighted by Gasteiger charge is 2.05. The first-order valence-corrected chi connectivity index (χ1v) is 5.75. The van der Waals surface area contributed by atoms with Crippen LogP contribution in [0.1, 0.15) is 45.8 Å². The van der Waals surface area contributed by atoms with Crippen molar-refractivity contribution in [1.82, 2.24) is 10.3 Å². The number of nitrogens with zero attached hydrogens (tertiary/aromatic N) is 1. The summed E-state index contributed by atoms with van der Waals surface area (Å²) in [5, 5.41) is 3.28. The lowest BCUT2D eigenvalue weighted by atomic mass is 10.1. The molecule has 1 N–H and O–H groups in total. The summed E-state index contributed by atoms with van der Waals surface area (Å²) >= 11 is 0. The second-order valence-electron chi connectivity index (χ2n) is 4.69. The first-order chi connectivity index (χ1) is 7.08. The van der Waals surface area contributed by atoms with Crippen molar-refractivity contribution in [1.29, 1.82) is 0 Å². The molecular formula is C12H22N2O.